The van der Waals surface area contributed by atoms with Gasteiger partial charge < -0.3 is 21.1 Å². The first kappa shape index (κ1) is 28.5. The molecule has 0 radical (unpaired) electrons. The van der Waals surface area contributed by atoms with Gasteiger partial charge in [0.2, 0.25) is 11.8 Å². The maximum atomic E-state index is 13.5. The largest absolute Gasteiger partial charge is 0.444 e. The number of ether oxygens (including phenoxy) is 1. The molecule has 0 spiro atoms. The van der Waals surface area contributed by atoms with Crippen LogP contribution in [-0.2, 0) is 19.1 Å². The molecule has 0 fully saturated rings. The van der Waals surface area contributed by atoms with Gasteiger partial charge in [-0.25, -0.2) is 4.79 Å². The Balaban J connectivity index is 3.41. The third-order valence-corrected chi connectivity index (χ3v) is 4.41. The Kier molecular flexibility index (Phi) is 9.68. The number of benzene rings is 1. The van der Waals surface area contributed by atoms with E-state index in [1.165, 1.54) is 0 Å². The first-order chi connectivity index (χ1) is 15.5. The van der Waals surface area contributed by atoms with E-state index in [0.29, 0.717) is 5.56 Å². The number of primary amides is 1. The highest BCUT2D eigenvalue weighted by Gasteiger charge is 2.37. The fraction of sp³-hybridized carbons (Fsp3) is 0.520. The number of alkyl carbamates (subject to hydrolysis) is 1. The van der Waals surface area contributed by atoms with Crippen LogP contribution in [0.4, 0.5) is 4.79 Å². The Morgan fingerprint density at radius 1 is 1.15 bits per heavy atom. The quantitative estimate of drug-likeness (QED) is 0.395. The molecule has 0 aliphatic heterocycles. The summed E-state index contributed by atoms with van der Waals surface area (Å²) in [5.74, 6) is -1.89. The molecular weight excluding hydrogens is 436 g/mol. The minimum absolute atomic E-state index is 0.118. The van der Waals surface area contributed by atoms with E-state index in [0.717, 1.165) is 10.5 Å². The van der Waals surface area contributed by atoms with Gasteiger partial charge in [-0.15, -0.1) is 0 Å². The number of nitrogens with two attached hydrogens (primary N) is 1. The summed E-state index contributed by atoms with van der Waals surface area (Å²) < 4.78 is 5.24. The second-order valence-corrected chi connectivity index (χ2v) is 10.1. The van der Waals surface area contributed by atoms with Gasteiger partial charge in [-0.05, 0) is 60.5 Å². The molecule has 0 saturated heterocycles. The van der Waals surface area contributed by atoms with Crippen LogP contribution < -0.4 is 16.4 Å². The Hall–Kier alpha value is -3.54. The number of aryl methyl sites for hydroxylation is 1. The molecule has 1 aromatic carbocycles. The minimum Gasteiger partial charge on any atom is -0.444 e. The van der Waals surface area contributed by atoms with E-state index in [4.69, 9.17) is 16.9 Å². The highest BCUT2D eigenvalue weighted by atomic mass is 16.6. The molecule has 4 N–H and O–H groups in total. The molecule has 9 heteroatoms. The number of nitrogens with zero attached hydrogens (tertiary/aromatic N) is 1. The maximum Gasteiger partial charge on any atom is 0.408 e. The van der Waals surface area contributed by atoms with Crippen LogP contribution in [-0.4, -0.2) is 45.9 Å². The summed E-state index contributed by atoms with van der Waals surface area (Å²) >= 11 is 0. The number of nitrogens with one attached hydrogen (secondary N) is 2. The third kappa shape index (κ3) is 9.53. The summed E-state index contributed by atoms with van der Waals surface area (Å²) in [6.07, 6.45) is 4.55. The number of carbonyl (C=O) groups excluding carboxylic acids is 4. The summed E-state index contributed by atoms with van der Waals surface area (Å²) in [5.41, 5.74) is 5.21. The molecule has 1 rings (SSSR count). The van der Waals surface area contributed by atoms with Crippen LogP contribution in [0, 0.1) is 19.4 Å². The van der Waals surface area contributed by atoms with E-state index in [1.807, 2.05) is 13.0 Å². The zero-order valence-corrected chi connectivity index (χ0v) is 21.0. The van der Waals surface area contributed by atoms with Crippen molar-refractivity contribution in [1.29, 1.82) is 0 Å². The first-order valence-corrected chi connectivity index (χ1v) is 11.0. The van der Waals surface area contributed by atoms with Gasteiger partial charge in [0.1, 0.15) is 17.7 Å². The van der Waals surface area contributed by atoms with Gasteiger partial charge in [-0.3, -0.25) is 19.3 Å². The molecule has 0 aromatic heterocycles. The van der Waals surface area contributed by atoms with E-state index in [9.17, 15) is 19.2 Å². The normalized spacial score (nSPS) is 13.1. The average molecular weight is 473 g/mol. The number of terminal acetylenes is 1. The molecular formula is C25H36N4O5. The second-order valence-electron chi connectivity index (χ2n) is 10.1. The van der Waals surface area contributed by atoms with Gasteiger partial charge in [0.05, 0.1) is 0 Å². The molecule has 2 unspecified atom stereocenters. The van der Waals surface area contributed by atoms with Gasteiger partial charge in [0.25, 0.3) is 5.91 Å². The SMILES string of the molecule is C#CN(C(=O)C(CCC(N)=O)NC(=O)OC(C)(C)C)C(C(=O)NC(C)(C)C)c1cccc(C)c1. The highest BCUT2D eigenvalue weighted by Crippen LogP contribution is 2.24. The molecule has 186 valence electrons. The Bertz CT molecular complexity index is 953. The fourth-order valence-electron chi connectivity index (χ4n) is 3.12. The second kappa shape index (κ2) is 11.5. The van der Waals surface area contributed by atoms with Crippen LogP contribution >= 0.6 is 0 Å². The average Bonchev–Trinajstić information content (AvgIpc) is 2.65. The van der Waals surface area contributed by atoms with Crippen LogP contribution in [0.5, 0.6) is 0 Å². The Morgan fingerprint density at radius 3 is 2.24 bits per heavy atom. The molecule has 9 nitrogen and oxygen atoms in total. The summed E-state index contributed by atoms with van der Waals surface area (Å²) in [6.45, 7) is 12.3. The van der Waals surface area contributed by atoms with Crippen LogP contribution in [0.3, 0.4) is 0 Å². The van der Waals surface area contributed by atoms with E-state index in [-0.39, 0.29) is 12.8 Å². The van der Waals surface area contributed by atoms with Crippen molar-refractivity contribution in [2.24, 2.45) is 5.73 Å². The number of carbonyl (C=O) groups is 4. The molecule has 0 saturated carbocycles. The van der Waals surface area contributed by atoms with Crippen molar-refractivity contribution in [1.82, 2.24) is 15.5 Å². The molecule has 0 bridgehead atoms. The predicted octanol–water partition coefficient (Wildman–Crippen LogP) is 2.53. The van der Waals surface area contributed by atoms with Gasteiger partial charge in [0.15, 0.2) is 0 Å². The molecule has 2 atom stereocenters. The van der Waals surface area contributed by atoms with E-state index < -0.39 is 47.0 Å². The molecule has 34 heavy (non-hydrogen) atoms. The molecule has 0 heterocycles. The summed E-state index contributed by atoms with van der Waals surface area (Å²) in [4.78, 5) is 51.5. The maximum absolute atomic E-state index is 13.5. The van der Waals surface area contributed by atoms with E-state index in [2.05, 4.69) is 16.7 Å². The highest BCUT2D eigenvalue weighted by molar-refractivity contribution is 5.93. The van der Waals surface area contributed by atoms with Crippen LogP contribution in [0.25, 0.3) is 0 Å². The van der Waals surface area contributed by atoms with Crippen molar-refractivity contribution in [3.05, 3.63) is 35.4 Å². The minimum atomic E-state index is -1.24. The summed E-state index contributed by atoms with van der Waals surface area (Å²) in [7, 11) is 0. The lowest BCUT2D eigenvalue weighted by atomic mass is 9.99. The summed E-state index contributed by atoms with van der Waals surface area (Å²) in [5, 5.41) is 5.31. The van der Waals surface area contributed by atoms with Gasteiger partial charge in [-0.1, -0.05) is 36.3 Å². The molecule has 0 aliphatic carbocycles. The lowest BCUT2D eigenvalue weighted by Crippen LogP contribution is -2.53. The number of hydrogen-bond acceptors (Lipinski definition) is 5. The van der Waals surface area contributed by atoms with Crippen molar-refractivity contribution in [3.8, 4) is 12.5 Å². The van der Waals surface area contributed by atoms with Crippen LogP contribution in [0.2, 0.25) is 0 Å². The van der Waals surface area contributed by atoms with Crippen molar-refractivity contribution in [2.45, 2.75) is 84.5 Å². The topological polar surface area (TPSA) is 131 Å². The zero-order valence-electron chi connectivity index (χ0n) is 21.0. The lowest BCUT2D eigenvalue weighted by molar-refractivity contribution is -0.139. The monoisotopic (exact) mass is 472 g/mol. The zero-order chi connectivity index (χ0) is 26.3. The molecule has 0 aliphatic rings. The third-order valence-electron chi connectivity index (χ3n) is 4.41. The van der Waals surface area contributed by atoms with E-state index in [1.54, 1.807) is 59.7 Å². The first-order valence-electron chi connectivity index (χ1n) is 11.0. The van der Waals surface area contributed by atoms with Crippen molar-refractivity contribution >= 4 is 23.8 Å². The van der Waals surface area contributed by atoms with E-state index >= 15 is 0 Å². The summed E-state index contributed by atoms with van der Waals surface area (Å²) in [6, 6.07) is 6.93. The van der Waals surface area contributed by atoms with Crippen molar-refractivity contribution in [3.63, 3.8) is 0 Å². The van der Waals surface area contributed by atoms with Gasteiger partial charge >= 0.3 is 6.09 Å². The lowest BCUT2D eigenvalue weighted by Gasteiger charge is -2.32. The van der Waals surface area contributed by atoms with Crippen LogP contribution in [0.1, 0.15) is 71.6 Å². The van der Waals surface area contributed by atoms with Crippen molar-refractivity contribution < 1.29 is 23.9 Å². The number of rotatable bonds is 8. The van der Waals surface area contributed by atoms with Crippen LogP contribution in [0.15, 0.2) is 24.3 Å². The predicted molar refractivity (Wildman–Crippen MR) is 129 cm³/mol. The number of amides is 4. The van der Waals surface area contributed by atoms with Gasteiger partial charge in [-0.2, -0.15) is 0 Å². The molecule has 1 aromatic rings. The standard InChI is InChI=1S/C25H36N4O5/c1-9-29(20(21(31)28-24(3,4)5)17-12-10-11-16(2)15-17)22(32)18(13-14-19(26)30)27-23(33)34-25(6,7)8/h1,10-12,15,18,20H,13-14H2,2-8H3,(H2,26,30)(H,27,33)(H,28,31). The Morgan fingerprint density at radius 2 is 1.76 bits per heavy atom. The fourth-order valence-corrected chi connectivity index (χ4v) is 3.12. The van der Waals surface area contributed by atoms with Crippen molar-refractivity contribution in [2.75, 3.05) is 0 Å². The number of hydrogen-bond donors (Lipinski definition) is 3. The smallest absolute Gasteiger partial charge is 0.408 e. The molecule has 4 amide bonds. The van der Waals surface area contributed by atoms with Gasteiger partial charge in [0, 0.05) is 18.0 Å². The Labute approximate surface area is 201 Å².